The number of carbonyl (C=O) groups excluding carboxylic acids is 2. The van der Waals surface area contributed by atoms with Crippen LogP contribution in [0.2, 0.25) is 0 Å². The molecule has 1 aliphatic heterocycles. The Hall–Kier alpha value is -2.69. The van der Waals surface area contributed by atoms with Gasteiger partial charge in [0.1, 0.15) is 0 Å². The van der Waals surface area contributed by atoms with Gasteiger partial charge >= 0.3 is 5.97 Å². The van der Waals surface area contributed by atoms with E-state index in [1.54, 1.807) is 6.20 Å². The van der Waals surface area contributed by atoms with Crippen molar-refractivity contribution >= 4 is 17.6 Å². The van der Waals surface area contributed by atoms with E-state index in [1.807, 2.05) is 26.0 Å². The number of allylic oxidation sites excluding steroid dienone is 5. The predicted molar refractivity (Wildman–Crippen MR) is 136 cm³/mol. The maximum Gasteiger partial charge on any atom is 0.308 e. The van der Waals surface area contributed by atoms with Crippen LogP contribution < -0.4 is 5.32 Å². The van der Waals surface area contributed by atoms with Crippen molar-refractivity contribution in [3.8, 4) is 0 Å². The second-order valence-electron chi connectivity index (χ2n) is 8.24. The lowest BCUT2D eigenvalue weighted by Crippen LogP contribution is -2.30. The number of nitrogens with one attached hydrogen (secondary N) is 1. The van der Waals surface area contributed by atoms with Crippen molar-refractivity contribution < 1.29 is 14.3 Å². The molecule has 0 spiro atoms. The lowest BCUT2D eigenvalue weighted by atomic mass is 10.0. The second kappa shape index (κ2) is 17.8. The molecule has 1 amide bonds. The molecule has 1 fully saturated rings. The van der Waals surface area contributed by atoms with E-state index in [4.69, 9.17) is 4.74 Å². The second-order valence-corrected chi connectivity index (χ2v) is 8.24. The molecule has 0 bridgehead atoms. The van der Waals surface area contributed by atoms with Crippen LogP contribution in [0.1, 0.15) is 66.2 Å². The molecule has 0 saturated carbocycles. The molecule has 1 aliphatic carbocycles. The number of aliphatic imine (C=N–C) groups is 1. The number of rotatable bonds is 9. The summed E-state index contributed by atoms with van der Waals surface area (Å²) in [4.78, 5) is 29.1. The van der Waals surface area contributed by atoms with E-state index < -0.39 is 0 Å². The van der Waals surface area contributed by atoms with Crippen molar-refractivity contribution in [1.82, 2.24) is 10.2 Å². The Bertz CT molecular complexity index is 786. The maximum atomic E-state index is 11.8. The molecular formula is C27H41N3O3. The monoisotopic (exact) mass is 455 g/mol. The summed E-state index contributed by atoms with van der Waals surface area (Å²) in [6.45, 7) is 10.6. The molecule has 33 heavy (non-hydrogen) atoms. The average molecular weight is 456 g/mol. The summed E-state index contributed by atoms with van der Waals surface area (Å²) < 4.78 is 5.11. The smallest absolute Gasteiger partial charge is 0.308 e. The van der Waals surface area contributed by atoms with Crippen molar-refractivity contribution in [2.24, 2.45) is 10.9 Å². The molecular weight excluding hydrogens is 414 g/mol. The highest BCUT2D eigenvalue weighted by Gasteiger charge is 2.23. The molecule has 1 atom stereocenters. The summed E-state index contributed by atoms with van der Waals surface area (Å²) in [6, 6.07) is 0. The predicted octanol–water partition coefficient (Wildman–Crippen LogP) is 5.10. The highest BCUT2D eigenvalue weighted by atomic mass is 16.5. The van der Waals surface area contributed by atoms with Gasteiger partial charge in [0, 0.05) is 31.6 Å². The van der Waals surface area contributed by atoms with Gasteiger partial charge in [-0.15, -0.1) is 5.73 Å². The first-order valence-corrected chi connectivity index (χ1v) is 12.1. The lowest BCUT2D eigenvalue weighted by Gasteiger charge is -2.19. The molecule has 1 unspecified atom stereocenters. The van der Waals surface area contributed by atoms with Crippen LogP contribution in [0.25, 0.3) is 0 Å². The van der Waals surface area contributed by atoms with Crippen molar-refractivity contribution in [1.29, 1.82) is 0 Å². The zero-order valence-electron chi connectivity index (χ0n) is 20.8. The summed E-state index contributed by atoms with van der Waals surface area (Å²) in [5, 5.41) is 2.55. The zero-order valence-corrected chi connectivity index (χ0v) is 20.8. The molecule has 0 radical (unpaired) electrons. The SMILES string of the molecule is CCCCC1=CC=CC=C=C1.CCOC(=O)C1CCCN(CC(C)=N/C=C\NC(C)=O)CC1. The molecule has 2 rings (SSSR count). The third kappa shape index (κ3) is 14.1. The quantitative estimate of drug-likeness (QED) is 0.298. The van der Waals surface area contributed by atoms with Gasteiger partial charge < -0.3 is 10.1 Å². The van der Waals surface area contributed by atoms with E-state index in [-0.39, 0.29) is 17.8 Å². The number of amides is 1. The van der Waals surface area contributed by atoms with Crippen LogP contribution in [-0.2, 0) is 14.3 Å². The number of esters is 1. The Morgan fingerprint density at radius 3 is 2.79 bits per heavy atom. The van der Waals surface area contributed by atoms with E-state index in [1.165, 1.54) is 38.0 Å². The maximum absolute atomic E-state index is 11.8. The molecule has 6 nitrogen and oxygen atoms in total. The summed E-state index contributed by atoms with van der Waals surface area (Å²) in [5.74, 6) is -0.142. The zero-order chi connectivity index (χ0) is 24.3. The van der Waals surface area contributed by atoms with Crippen LogP contribution in [0.4, 0.5) is 0 Å². The number of carbonyl (C=O) groups is 2. The number of likely N-dealkylation sites (tertiary alicyclic amines) is 1. The van der Waals surface area contributed by atoms with Crippen molar-refractivity contribution in [2.45, 2.75) is 66.2 Å². The van der Waals surface area contributed by atoms with Gasteiger partial charge in [-0.2, -0.15) is 0 Å². The standard InChI is InChI=1S/C16H27N3O3.C11H14/c1-4-22-16(21)15-6-5-10-19(11-7-15)12-13(2)17-8-9-18-14(3)20;1-2-3-8-11-9-6-4-5-7-10-11/h8-9,15H,4-7,10-12H2,1-3H3,(H,18,20);4-6,9-10H,2-3,8H2,1H3/b9-8-,17-13?;. The number of hydrogen-bond acceptors (Lipinski definition) is 5. The molecule has 1 saturated heterocycles. The molecule has 1 heterocycles. The van der Waals surface area contributed by atoms with Gasteiger partial charge in [-0.1, -0.05) is 31.6 Å². The minimum absolute atomic E-state index is 0.0295. The summed E-state index contributed by atoms with van der Waals surface area (Å²) >= 11 is 0. The van der Waals surface area contributed by atoms with E-state index in [2.05, 4.69) is 46.1 Å². The Labute approximate surface area is 199 Å². The fraction of sp³-hybridized carbons (Fsp3) is 0.556. The molecule has 1 N–H and O–H groups in total. The van der Waals surface area contributed by atoms with E-state index in [0.717, 1.165) is 44.6 Å². The minimum atomic E-state index is -0.110. The van der Waals surface area contributed by atoms with Gasteiger partial charge in [-0.25, -0.2) is 0 Å². The molecule has 0 aromatic carbocycles. The molecule has 6 heteroatoms. The van der Waals surface area contributed by atoms with Gasteiger partial charge in [0.05, 0.1) is 12.5 Å². The number of nitrogens with zero attached hydrogens (tertiary/aromatic N) is 2. The van der Waals surface area contributed by atoms with Crippen LogP contribution in [0, 0.1) is 5.92 Å². The fourth-order valence-corrected chi connectivity index (χ4v) is 3.52. The molecule has 0 aromatic rings. The first-order chi connectivity index (χ1) is 16.0. The molecule has 2 aliphatic rings. The Balaban J connectivity index is 0.000000412. The number of ether oxygens (including phenoxy) is 1. The highest BCUT2D eigenvalue weighted by molar-refractivity contribution is 5.84. The third-order valence-electron chi connectivity index (χ3n) is 5.25. The molecule has 0 aromatic heterocycles. The Kier molecular flexibility index (Phi) is 15.3. The summed E-state index contributed by atoms with van der Waals surface area (Å²) in [7, 11) is 0. The van der Waals surface area contributed by atoms with E-state index in [0.29, 0.717) is 6.61 Å². The summed E-state index contributed by atoms with van der Waals surface area (Å²) in [6.07, 6.45) is 19.8. The van der Waals surface area contributed by atoms with Crippen LogP contribution in [-0.4, -0.2) is 48.7 Å². The first kappa shape index (κ1) is 28.3. The normalized spacial score (nSPS) is 18.7. The van der Waals surface area contributed by atoms with Crippen molar-refractivity contribution in [3.63, 3.8) is 0 Å². The van der Waals surface area contributed by atoms with Crippen LogP contribution in [0.5, 0.6) is 0 Å². The Morgan fingerprint density at radius 2 is 2.06 bits per heavy atom. The van der Waals surface area contributed by atoms with Gasteiger partial charge in [0.25, 0.3) is 0 Å². The van der Waals surface area contributed by atoms with Crippen LogP contribution in [0.15, 0.2) is 59.1 Å². The van der Waals surface area contributed by atoms with Gasteiger partial charge in [0.15, 0.2) is 0 Å². The highest BCUT2D eigenvalue weighted by Crippen LogP contribution is 2.19. The van der Waals surface area contributed by atoms with E-state index >= 15 is 0 Å². The average Bonchev–Trinajstić information content (AvgIpc) is 3.19. The first-order valence-electron chi connectivity index (χ1n) is 12.1. The topological polar surface area (TPSA) is 71.0 Å². The summed E-state index contributed by atoms with van der Waals surface area (Å²) in [5.41, 5.74) is 5.47. The molecule has 182 valence electrons. The number of unbranched alkanes of at least 4 members (excludes halogenated alkanes) is 1. The van der Waals surface area contributed by atoms with Gasteiger partial charge in [-0.05, 0) is 76.8 Å². The van der Waals surface area contributed by atoms with E-state index in [9.17, 15) is 9.59 Å². The third-order valence-corrected chi connectivity index (χ3v) is 5.25. The largest absolute Gasteiger partial charge is 0.466 e. The van der Waals surface area contributed by atoms with Crippen molar-refractivity contribution in [3.05, 3.63) is 54.1 Å². The van der Waals surface area contributed by atoms with Gasteiger partial charge in [0.2, 0.25) is 5.91 Å². The number of hydrogen-bond donors (Lipinski definition) is 1. The van der Waals surface area contributed by atoms with Crippen LogP contribution in [0.3, 0.4) is 0 Å². The van der Waals surface area contributed by atoms with Crippen molar-refractivity contribution in [2.75, 3.05) is 26.2 Å². The van der Waals surface area contributed by atoms with Crippen LogP contribution >= 0.6 is 0 Å². The fourth-order valence-electron chi connectivity index (χ4n) is 3.52. The Morgan fingerprint density at radius 1 is 1.24 bits per heavy atom. The lowest BCUT2D eigenvalue weighted by molar-refractivity contribution is -0.148. The minimum Gasteiger partial charge on any atom is -0.466 e. The van der Waals surface area contributed by atoms with Gasteiger partial charge in [-0.3, -0.25) is 19.5 Å².